The first-order valence-corrected chi connectivity index (χ1v) is 11.4. The Morgan fingerprint density at radius 1 is 0.862 bits per heavy atom. The van der Waals surface area contributed by atoms with Gasteiger partial charge in [-0.2, -0.15) is 0 Å². The van der Waals surface area contributed by atoms with Gasteiger partial charge in [0, 0.05) is 11.0 Å². The van der Waals surface area contributed by atoms with Gasteiger partial charge in [0.15, 0.2) is 0 Å². The molecule has 3 aromatic rings. The summed E-state index contributed by atoms with van der Waals surface area (Å²) in [5.74, 6) is 0. The fraction of sp³-hybridized carbons (Fsp3) is 0.429. The van der Waals surface area contributed by atoms with Gasteiger partial charge in [-0.1, -0.05) is 89.6 Å². The molecule has 0 spiro atoms. The molecule has 1 nitrogen and oxygen atoms in total. The highest BCUT2D eigenvalue weighted by atomic mass is 14.7. The average Bonchev–Trinajstić information content (AvgIpc) is 2.98. The second kappa shape index (κ2) is 7.29. The van der Waals surface area contributed by atoms with E-state index in [0.717, 1.165) is 12.8 Å². The zero-order valence-electron chi connectivity index (χ0n) is 18.7. The summed E-state index contributed by atoms with van der Waals surface area (Å²) in [4.78, 5) is 0. The summed E-state index contributed by atoms with van der Waals surface area (Å²) < 4.78 is 0. The Morgan fingerprint density at radius 2 is 1.62 bits per heavy atom. The number of benzene rings is 3. The number of rotatable bonds is 6. The van der Waals surface area contributed by atoms with E-state index in [1.165, 1.54) is 63.4 Å². The Bertz CT molecular complexity index is 1050. The van der Waals surface area contributed by atoms with Crippen LogP contribution in [0.2, 0.25) is 0 Å². The van der Waals surface area contributed by atoms with E-state index in [0.29, 0.717) is 0 Å². The lowest BCUT2D eigenvalue weighted by Crippen LogP contribution is -2.35. The maximum atomic E-state index is 6.75. The third kappa shape index (κ3) is 3.11. The van der Waals surface area contributed by atoms with Crippen molar-refractivity contribution < 1.29 is 0 Å². The molecule has 1 aliphatic carbocycles. The number of nitrogens with two attached hydrogens (primary N) is 1. The second-order valence-electron chi connectivity index (χ2n) is 9.40. The summed E-state index contributed by atoms with van der Waals surface area (Å²) in [7, 11) is 0. The normalized spacial score (nSPS) is 14.8. The standard InChI is InChI=1S/C28H35N/c1-6-9-10-19-11-14-22-20(17-19)12-16-24-26(22)23-15-13-21(28(29,7-2)8-3)18-25(23)27(24,4)5/h11-18H,6-10,29H2,1-5H3. The van der Waals surface area contributed by atoms with Crippen LogP contribution < -0.4 is 5.73 Å². The number of hydrogen-bond donors (Lipinski definition) is 1. The zero-order valence-corrected chi connectivity index (χ0v) is 18.7. The van der Waals surface area contributed by atoms with E-state index in [1.54, 1.807) is 0 Å². The van der Waals surface area contributed by atoms with E-state index in [1.807, 2.05) is 0 Å². The third-order valence-electron chi connectivity index (χ3n) is 7.38. The maximum absolute atomic E-state index is 6.75. The summed E-state index contributed by atoms with van der Waals surface area (Å²) in [5.41, 5.74) is 14.9. The van der Waals surface area contributed by atoms with Crippen LogP contribution in [0, 0.1) is 0 Å². The first-order chi connectivity index (χ1) is 13.9. The summed E-state index contributed by atoms with van der Waals surface area (Å²) >= 11 is 0. The SMILES string of the molecule is CCCCc1ccc2c3c(ccc2c1)C(C)(C)c1cc(C(N)(CC)CC)ccc1-3. The summed E-state index contributed by atoms with van der Waals surface area (Å²) in [5, 5.41) is 2.74. The first kappa shape index (κ1) is 20.2. The summed E-state index contributed by atoms with van der Waals surface area (Å²) in [6, 6.07) is 18.7. The predicted octanol–water partition coefficient (Wildman–Crippen LogP) is 7.46. The number of aryl methyl sites for hydroxylation is 1. The highest BCUT2D eigenvalue weighted by molar-refractivity contribution is 6.02. The smallest absolute Gasteiger partial charge is 0.0404 e. The minimum Gasteiger partial charge on any atom is -0.321 e. The molecule has 0 heterocycles. The molecule has 0 fully saturated rings. The first-order valence-electron chi connectivity index (χ1n) is 11.4. The zero-order chi connectivity index (χ0) is 20.8. The van der Waals surface area contributed by atoms with Gasteiger partial charge >= 0.3 is 0 Å². The molecule has 0 unspecified atom stereocenters. The molecule has 1 heteroatoms. The largest absolute Gasteiger partial charge is 0.321 e. The van der Waals surface area contributed by atoms with Gasteiger partial charge in [0.05, 0.1) is 0 Å². The number of unbranched alkanes of at least 4 members (excludes halogenated alkanes) is 1. The van der Waals surface area contributed by atoms with Crippen molar-refractivity contribution in [3.63, 3.8) is 0 Å². The fourth-order valence-corrected chi connectivity index (χ4v) is 5.12. The van der Waals surface area contributed by atoms with Crippen molar-refractivity contribution in [2.45, 2.75) is 77.7 Å². The van der Waals surface area contributed by atoms with Crippen molar-refractivity contribution in [3.05, 3.63) is 70.8 Å². The molecule has 1 aliphatic rings. The van der Waals surface area contributed by atoms with Gasteiger partial charge in [-0.05, 0) is 69.8 Å². The highest BCUT2D eigenvalue weighted by Crippen LogP contribution is 2.52. The molecule has 152 valence electrons. The average molecular weight is 386 g/mol. The molecule has 0 saturated carbocycles. The fourth-order valence-electron chi connectivity index (χ4n) is 5.12. The van der Waals surface area contributed by atoms with E-state index in [4.69, 9.17) is 5.73 Å². The molecular formula is C28H35N. The van der Waals surface area contributed by atoms with Crippen molar-refractivity contribution in [2.24, 2.45) is 5.73 Å². The molecule has 4 rings (SSSR count). The summed E-state index contributed by atoms with van der Waals surface area (Å²) in [6.45, 7) is 11.4. The van der Waals surface area contributed by atoms with Gasteiger partial charge in [0.2, 0.25) is 0 Å². The van der Waals surface area contributed by atoms with Gasteiger partial charge < -0.3 is 5.73 Å². The van der Waals surface area contributed by atoms with Crippen LogP contribution in [-0.4, -0.2) is 0 Å². The second-order valence-corrected chi connectivity index (χ2v) is 9.40. The van der Waals surface area contributed by atoms with E-state index in [2.05, 4.69) is 83.1 Å². The van der Waals surface area contributed by atoms with Crippen molar-refractivity contribution in [1.29, 1.82) is 0 Å². The van der Waals surface area contributed by atoms with Crippen LogP contribution in [0.3, 0.4) is 0 Å². The molecule has 0 atom stereocenters. The van der Waals surface area contributed by atoms with Crippen LogP contribution >= 0.6 is 0 Å². The van der Waals surface area contributed by atoms with Crippen molar-refractivity contribution >= 4 is 10.8 Å². The Morgan fingerprint density at radius 3 is 2.31 bits per heavy atom. The molecule has 2 N–H and O–H groups in total. The Labute approximate surface area is 176 Å². The summed E-state index contributed by atoms with van der Waals surface area (Å²) in [6.07, 6.45) is 5.58. The van der Waals surface area contributed by atoms with Crippen molar-refractivity contribution in [2.75, 3.05) is 0 Å². The van der Waals surface area contributed by atoms with Gasteiger partial charge in [-0.15, -0.1) is 0 Å². The Kier molecular flexibility index (Phi) is 5.07. The van der Waals surface area contributed by atoms with Crippen LogP contribution in [0.1, 0.15) is 82.6 Å². The minimum absolute atomic E-state index is 0.00184. The number of fused-ring (bicyclic) bond motifs is 5. The van der Waals surface area contributed by atoms with Gasteiger partial charge in [0.1, 0.15) is 0 Å². The van der Waals surface area contributed by atoms with Crippen LogP contribution in [-0.2, 0) is 17.4 Å². The lowest BCUT2D eigenvalue weighted by molar-refractivity contribution is 0.412. The molecule has 29 heavy (non-hydrogen) atoms. The minimum atomic E-state index is -0.240. The van der Waals surface area contributed by atoms with E-state index < -0.39 is 0 Å². The maximum Gasteiger partial charge on any atom is 0.0404 e. The Balaban J connectivity index is 1.89. The lowest BCUT2D eigenvalue weighted by atomic mass is 9.79. The number of hydrogen-bond acceptors (Lipinski definition) is 1. The van der Waals surface area contributed by atoms with Gasteiger partial charge in [0.25, 0.3) is 0 Å². The lowest BCUT2D eigenvalue weighted by Gasteiger charge is -2.29. The van der Waals surface area contributed by atoms with Gasteiger partial charge in [-0.25, -0.2) is 0 Å². The van der Waals surface area contributed by atoms with E-state index in [9.17, 15) is 0 Å². The quantitative estimate of drug-likeness (QED) is 0.468. The van der Waals surface area contributed by atoms with E-state index >= 15 is 0 Å². The van der Waals surface area contributed by atoms with Crippen LogP contribution in [0.5, 0.6) is 0 Å². The molecule has 0 radical (unpaired) electrons. The molecular weight excluding hydrogens is 350 g/mol. The predicted molar refractivity (Wildman–Crippen MR) is 127 cm³/mol. The van der Waals surface area contributed by atoms with Crippen molar-refractivity contribution in [1.82, 2.24) is 0 Å². The molecule has 0 bridgehead atoms. The third-order valence-corrected chi connectivity index (χ3v) is 7.38. The topological polar surface area (TPSA) is 26.0 Å². The molecule has 0 aliphatic heterocycles. The molecule has 0 aromatic heterocycles. The van der Waals surface area contributed by atoms with E-state index in [-0.39, 0.29) is 11.0 Å². The van der Waals surface area contributed by atoms with Gasteiger partial charge in [-0.3, -0.25) is 0 Å². The van der Waals surface area contributed by atoms with Crippen molar-refractivity contribution in [3.8, 4) is 11.1 Å². The molecule has 0 saturated heterocycles. The Hall–Kier alpha value is -2.12. The van der Waals surface area contributed by atoms with Crippen LogP contribution in [0.4, 0.5) is 0 Å². The molecule has 3 aromatic carbocycles. The highest BCUT2D eigenvalue weighted by Gasteiger charge is 2.37. The van der Waals surface area contributed by atoms with Crippen LogP contribution in [0.15, 0.2) is 48.5 Å². The monoisotopic (exact) mass is 385 g/mol. The molecule has 0 amide bonds. The van der Waals surface area contributed by atoms with Crippen LogP contribution in [0.25, 0.3) is 21.9 Å².